The van der Waals surface area contributed by atoms with Crippen LogP contribution in [0.2, 0.25) is 0 Å². The number of hydrogen-bond donors (Lipinski definition) is 2. The van der Waals surface area contributed by atoms with Gasteiger partial charge < -0.3 is 10.3 Å². The molecule has 0 unspecified atom stereocenters. The Labute approximate surface area is 103 Å². The summed E-state index contributed by atoms with van der Waals surface area (Å²) in [6, 6.07) is 9.56. The Bertz CT molecular complexity index is 594. The summed E-state index contributed by atoms with van der Waals surface area (Å²) in [4.78, 5) is 13.6. The minimum atomic E-state index is -0.0340. The quantitative estimate of drug-likeness (QED) is 0.859. The summed E-state index contributed by atoms with van der Waals surface area (Å²) >= 11 is 1.16. The number of thiazole rings is 1. The second-order valence-electron chi connectivity index (χ2n) is 3.59. The molecule has 2 N–H and O–H groups in total. The van der Waals surface area contributed by atoms with Crippen LogP contribution in [0.4, 0.5) is 0 Å². The van der Waals surface area contributed by atoms with Crippen molar-refractivity contribution in [3.63, 3.8) is 0 Å². The van der Waals surface area contributed by atoms with E-state index in [4.69, 9.17) is 5.26 Å². The maximum Gasteiger partial charge on any atom is 0.304 e. The van der Waals surface area contributed by atoms with E-state index in [0.717, 1.165) is 22.6 Å². The van der Waals surface area contributed by atoms with E-state index in [0.29, 0.717) is 18.7 Å². The number of nitrogens with zero attached hydrogens (tertiary/aromatic N) is 1. The summed E-state index contributed by atoms with van der Waals surface area (Å²) < 4.78 is 0. The molecular formula is C12H11N3OS. The van der Waals surface area contributed by atoms with Gasteiger partial charge in [-0.1, -0.05) is 23.5 Å². The summed E-state index contributed by atoms with van der Waals surface area (Å²) in [6.07, 6.45) is 0. The van der Waals surface area contributed by atoms with Gasteiger partial charge in [0.1, 0.15) is 0 Å². The highest BCUT2D eigenvalue weighted by atomic mass is 32.1. The standard InChI is InChI=1S/C12H11N3OS/c13-5-9-2-1-3-10(4-9)6-14-7-11-8-17-12(16)15-11/h1-4,8,14H,6-7H2,(H,15,16). The van der Waals surface area contributed by atoms with Crippen LogP contribution in [-0.2, 0) is 13.1 Å². The molecule has 4 nitrogen and oxygen atoms in total. The van der Waals surface area contributed by atoms with Crippen molar-refractivity contribution in [1.82, 2.24) is 10.3 Å². The fourth-order valence-electron chi connectivity index (χ4n) is 1.49. The van der Waals surface area contributed by atoms with E-state index in [2.05, 4.69) is 16.4 Å². The average Bonchev–Trinajstić information content (AvgIpc) is 2.75. The van der Waals surface area contributed by atoms with Crippen LogP contribution >= 0.6 is 11.3 Å². The predicted molar refractivity (Wildman–Crippen MR) is 66.6 cm³/mol. The predicted octanol–water partition coefficient (Wildman–Crippen LogP) is 1.60. The summed E-state index contributed by atoms with van der Waals surface area (Å²) in [5.41, 5.74) is 2.60. The number of H-pyrrole nitrogens is 1. The zero-order chi connectivity index (χ0) is 12.1. The molecule has 0 aliphatic heterocycles. The summed E-state index contributed by atoms with van der Waals surface area (Å²) in [6.45, 7) is 1.29. The molecule has 1 heterocycles. The molecule has 1 aromatic carbocycles. The van der Waals surface area contributed by atoms with E-state index in [-0.39, 0.29) is 4.87 Å². The minimum absolute atomic E-state index is 0.0340. The lowest BCUT2D eigenvalue weighted by Crippen LogP contribution is -2.13. The molecule has 1 aromatic heterocycles. The topological polar surface area (TPSA) is 68.7 Å². The summed E-state index contributed by atoms with van der Waals surface area (Å²) in [5.74, 6) is 0. The van der Waals surface area contributed by atoms with Gasteiger partial charge in [0.15, 0.2) is 0 Å². The molecule has 0 fully saturated rings. The SMILES string of the molecule is N#Cc1cccc(CNCc2csc(=O)[nH]2)c1. The molecule has 0 amide bonds. The van der Waals surface area contributed by atoms with Crippen LogP contribution in [0.1, 0.15) is 16.8 Å². The Morgan fingerprint density at radius 2 is 2.29 bits per heavy atom. The number of aromatic amines is 1. The van der Waals surface area contributed by atoms with Gasteiger partial charge in [-0.05, 0) is 17.7 Å². The molecule has 0 radical (unpaired) electrons. The Morgan fingerprint density at radius 1 is 1.41 bits per heavy atom. The first-order chi connectivity index (χ1) is 8.28. The molecule has 86 valence electrons. The second-order valence-corrected chi connectivity index (χ2v) is 4.43. The molecule has 0 aliphatic carbocycles. The first-order valence-corrected chi connectivity index (χ1v) is 6.02. The van der Waals surface area contributed by atoms with Crippen LogP contribution in [0, 0.1) is 11.3 Å². The molecule has 0 spiro atoms. The highest BCUT2D eigenvalue weighted by Crippen LogP contribution is 2.04. The third kappa shape index (κ3) is 3.28. The summed E-state index contributed by atoms with van der Waals surface area (Å²) in [5, 5.41) is 13.8. The van der Waals surface area contributed by atoms with Crippen LogP contribution in [0.5, 0.6) is 0 Å². The van der Waals surface area contributed by atoms with Crippen LogP contribution in [-0.4, -0.2) is 4.98 Å². The number of benzene rings is 1. The number of nitriles is 1. The third-order valence-electron chi connectivity index (χ3n) is 2.27. The van der Waals surface area contributed by atoms with E-state index < -0.39 is 0 Å². The second kappa shape index (κ2) is 5.43. The Morgan fingerprint density at radius 3 is 3.00 bits per heavy atom. The van der Waals surface area contributed by atoms with Crippen molar-refractivity contribution in [2.45, 2.75) is 13.1 Å². The van der Waals surface area contributed by atoms with Gasteiger partial charge in [0, 0.05) is 24.2 Å². The Hall–Kier alpha value is -1.90. The number of aromatic nitrogens is 1. The molecule has 0 saturated carbocycles. The van der Waals surface area contributed by atoms with E-state index in [1.165, 1.54) is 0 Å². The van der Waals surface area contributed by atoms with E-state index in [1.54, 1.807) is 11.4 Å². The van der Waals surface area contributed by atoms with Crippen molar-refractivity contribution >= 4 is 11.3 Å². The molecule has 2 aromatic rings. The molecule has 5 heteroatoms. The van der Waals surface area contributed by atoms with Gasteiger partial charge >= 0.3 is 4.87 Å². The van der Waals surface area contributed by atoms with E-state index >= 15 is 0 Å². The van der Waals surface area contributed by atoms with Crippen LogP contribution < -0.4 is 10.2 Å². The molecule has 2 rings (SSSR count). The zero-order valence-corrected chi connectivity index (χ0v) is 9.88. The average molecular weight is 245 g/mol. The van der Waals surface area contributed by atoms with Crippen molar-refractivity contribution in [1.29, 1.82) is 5.26 Å². The maximum atomic E-state index is 10.9. The molecule has 0 atom stereocenters. The van der Waals surface area contributed by atoms with Gasteiger partial charge in [-0.2, -0.15) is 5.26 Å². The lowest BCUT2D eigenvalue weighted by atomic mass is 10.1. The van der Waals surface area contributed by atoms with Gasteiger partial charge in [0.2, 0.25) is 0 Å². The first kappa shape index (κ1) is 11.6. The van der Waals surface area contributed by atoms with Gasteiger partial charge in [-0.3, -0.25) is 4.79 Å². The van der Waals surface area contributed by atoms with Crippen molar-refractivity contribution in [2.75, 3.05) is 0 Å². The Balaban J connectivity index is 1.90. The lowest BCUT2D eigenvalue weighted by Gasteiger charge is -2.03. The molecule has 0 saturated heterocycles. The molecule has 0 bridgehead atoms. The zero-order valence-electron chi connectivity index (χ0n) is 9.06. The number of nitrogens with one attached hydrogen (secondary N) is 2. The smallest absolute Gasteiger partial charge is 0.304 e. The van der Waals surface area contributed by atoms with Gasteiger partial charge in [-0.25, -0.2) is 0 Å². The van der Waals surface area contributed by atoms with Gasteiger partial charge in [-0.15, -0.1) is 0 Å². The van der Waals surface area contributed by atoms with Crippen LogP contribution in [0.3, 0.4) is 0 Å². The van der Waals surface area contributed by atoms with E-state index in [1.807, 2.05) is 18.2 Å². The van der Waals surface area contributed by atoms with E-state index in [9.17, 15) is 4.79 Å². The van der Waals surface area contributed by atoms with Crippen LogP contribution in [0.25, 0.3) is 0 Å². The minimum Gasteiger partial charge on any atom is -0.315 e. The van der Waals surface area contributed by atoms with Crippen LogP contribution in [0.15, 0.2) is 34.4 Å². The largest absolute Gasteiger partial charge is 0.315 e. The molecule has 0 aliphatic rings. The van der Waals surface area contributed by atoms with Gasteiger partial charge in [0.05, 0.1) is 11.6 Å². The monoisotopic (exact) mass is 245 g/mol. The highest BCUT2D eigenvalue weighted by molar-refractivity contribution is 7.07. The van der Waals surface area contributed by atoms with Crippen molar-refractivity contribution in [2.24, 2.45) is 0 Å². The van der Waals surface area contributed by atoms with Crippen molar-refractivity contribution < 1.29 is 0 Å². The Kier molecular flexibility index (Phi) is 3.70. The summed E-state index contributed by atoms with van der Waals surface area (Å²) in [7, 11) is 0. The normalized spacial score (nSPS) is 10.1. The fourth-order valence-corrected chi connectivity index (χ4v) is 2.07. The third-order valence-corrected chi connectivity index (χ3v) is 2.99. The lowest BCUT2D eigenvalue weighted by molar-refractivity contribution is 0.681. The highest BCUT2D eigenvalue weighted by Gasteiger charge is 1.97. The van der Waals surface area contributed by atoms with Crippen molar-refractivity contribution in [3.05, 3.63) is 56.1 Å². The molecule has 17 heavy (non-hydrogen) atoms. The maximum absolute atomic E-state index is 10.9. The van der Waals surface area contributed by atoms with Gasteiger partial charge in [0.25, 0.3) is 0 Å². The number of hydrogen-bond acceptors (Lipinski definition) is 4. The first-order valence-electron chi connectivity index (χ1n) is 5.14. The van der Waals surface area contributed by atoms with Crippen molar-refractivity contribution in [3.8, 4) is 6.07 Å². The fraction of sp³-hybridized carbons (Fsp3) is 0.167. The number of rotatable bonds is 4. The molecular weight excluding hydrogens is 234 g/mol.